The number of carbonyl (C=O) groups is 1. The van der Waals surface area contributed by atoms with E-state index in [4.69, 9.17) is 4.74 Å². The van der Waals surface area contributed by atoms with E-state index >= 15 is 0 Å². The average Bonchev–Trinajstić information content (AvgIpc) is 2.79. The summed E-state index contributed by atoms with van der Waals surface area (Å²) in [6.07, 6.45) is 9.39. The molecule has 0 saturated carbocycles. The van der Waals surface area contributed by atoms with Crippen LogP contribution in [0.4, 0.5) is 0 Å². The number of ether oxygens (including phenoxy) is 1. The molecule has 1 amide bonds. The summed E-state index contributed by atoms with van der Waals surface area (Å²) in [7, 11) is 0. The Balaban J connectivity index is 1.59. The van der Waals surface area contributed by atoms with Gasteiger partial charge in [0.1, 0.15) is 6.54 Å². The van der Waals surface area contributed by atoms with Crippen LogP contribution in [0, 0.1) is 0 Å². The van der Waals surface area contributed by atoms with Crippen LogP contribution in [0.15, 0.2) is 12.4 Å². The lowest BCUT2D eigenvalue weighted by molar-refractivity contribution is -0.122. The zero-order valence-corrected chi connectivity index (χ0v) is 12.4. The molecule has 2 N–H and O–H groups in total. The van der Waals surface area contributed by atoms with Gasteiger partial charge in [0.05, 0.1) is 6.10 Å². The molecule has 1 aromatic rings. The minimum Gasteiger partial charge on any atom is -0.388 e. The summed E-state index contributed by atoms with van der Waals surface area (Å²) < 4.78 is 7.20. The van der Waals surface area contributed by atoms with E-state index in [9.17, 15) is 9.90 Å². The molecule has 1 aliphatic carbocycles. The first-order valence-corrected chi connectivity index (χ1v) is 7.96. The number of carbonyl (C=O) groups excluding carboxylic acids is 1. The van der Waals surface area contributed by atoms with Crippen molar-refractivity contribution in [2.24, 2.45) is 0 Å². The molecule has 0 spiro atoms. The number of fused-ring (bicyclic) bond motifs is 1. The number of aliphatic hydroxyl groups is 1. The molecule has 2 aliphatic rings. The normalized spacial score (nSPS) is 23.4. The Morgan fingerprint density at radius 2 is 2.10 bits per heavy atom. The number of rotatable bonds is 3. The topological polar surface area (TPSA) is 63.5 Å². The molecule has 1 atom stereocenters. The Hall–Kier alpha value is -1.33. The second-order valence-electron chi connectivity index (χ2n) is 6.13. The standard InChI is InChI=1S/C16H24N2O3/c19-15-4-2-1-3-12-9-18(10-14(12)15)11-16(20)17-13-5-7-21-8-6-13/h9-10,13,15,19H,1-8,11H2,(H,17,20). The SMILES string of the molecule is O=C(Cn1cc2c(c1)C(O)CCCC2)NC1CCOCC1. The van der Waals surface area contributed by atoms with Crippen molar-refractivity contribution in [2.45, 2.75) is 57.2 Å². The molecular weight excluding hydrogens is 268 g/mol. The summed E-state index contributed by atoms with van der Waals surface area (Å²) in [5.74, 6) is 0.0431. The molecule has 1 aliphatic heterocycles. The zero-order valence-electron chi connectivity index (χ0n) is 12.4. The second-order valence-corrected chi connectivity index (χ2v) is 6.13. The molecule has 3 rings (SSSR count). The van der Waals surface area contributed by atoms with Crippen molar-refractivity contribution in [2.75, 3.05) is 13.2 Å². The molecule has 1 saturated heterocycles. The number of aliphatic hydroxyl groups excluding tert-OH is 1. The molecule has 21 heavy (non-hydrogen) atoms. The van der Waals surface area contributed by atoms with Gasteiger partial charge in [-0.15, -0.1) is 0 Å². The van der Waals surface area contributed by atoms with Crippen molar-refractivity contribution < 1.29 is 14.6 Å². The van der Waals surface area contributed by atoms with Crippen LogP contribution in [0.3, 0.4) is 0 Å². The lowest BCUT2D eigenvalue weighted by Gasteiger charge is -2.23. The van der Waals surface area contributed by atoms with Gasteiger partial charge in [0.15, 0.2) is 0 Å². The fourth-order valence-electron chi connectivity index (χ4n) is 3.26. The van der Waals surface area contributed by atoms with E-state index in [0.717, 1.165) is 57.3 Å². The van der Waals surface area contributed by atoms with Crippen molar-refractivity contribution in [3.63, 3.8) is 0 Å². The predicted molar refractivity (Wildman–Crippen MR) is 78.9 cm³/mol. The number of hydrogen-bond acceptors (Lipinski definition) is 3. The van der Waals surface area contributed by atoms with E-state index in [1.54, 1.807) is 0 Å². The van der Waals surface area contributed by atoms with E-state index < -0.39 is 0 Å². The third-order valence-corrected chi connectivity index (χ3v) is 4.44. The van der Waals surface area contributed by atoms with Crippen LogP contribution in [0.25, 0.3) is 0 Å². The molecule has 5 nitrogen and oxygen atoms in total. The quantitative estimate of drug-likeness (QED) is 0.831. The molecule has 1 fully saturated rings. The third-order valence-electron chi connectivity index (χ3n) is 4.44. The number of hydrogen-bond donors (Lipinski definition) is 2. The van der Waals surface area contributed by atoms with Crippen LogP contribution in [0.2, 0.25) is 0 Å². The van der Waals surface area contributed by atoms with E-state index in [2.05, 4.69) is 5.32 Å². The molecule has 0 bridgehead atoms. The van der Waals surface area contributed by atoms with Crippen molar-refractivity contribution >= 4 is 5.91 Å². The molecular formula is C16H24N2O3. The molecule has 1 unspecified atom stereocenters. The average molecular weight is 292 g/mol. The van der Waals surface area contributed by atoms with E-state index in [-0.39, 0.29) is 18.1 Å². The van der Waals surface area contributed by atoms with E-state index in [0.29, 0.717) is 6.54 Å². The van der Waals surface area contributed by atoms with Gasteiger partial charge in [0, 0.05) is 37.2 Å². The van der Waals surface area contributed by atoms with Crippen LogP contribution in [-0.4, -0.2) is 34.8 Å². The van der Waals surface area contributed by atoms with Gasteiger partial charge in [-0.1, -0.05) is 6.42 Å². The first kappa shape index (κ1) is 14.6. The van der Waals surface area contributed by atoms with Crippen molar-refractivity contribution in [3.8, 4) is 0 Å². The molecule has 5 heteroatoms. The van der Waals surface area contributed by atoms with Gasteiger partial charge < -0.3 is 19.7 Å². The first-order valence-electron chi connectivity index (χ1n) is 7.96. The van der Waals surface area contributed by atoms with Gasteiger partial charge in [0.2, 0.25) is 5.91 Å². The maximum absolute atomic E-state index is 12.1. The second kappa shape index (κ2) is 6.62. The molecule has 1 aromatic heterocycles. The number of aryl methyl sites for hydroxylation is 1. The highest BCUT2D eigenvalue weighted by Gasteiger charge is 2.20. The summed E-state index contributed by atoms with van der Waals surface area (Å²) in [5, 5.41) is 13.2. The van der Waals surface area contributed by atoms with E-state index in [1.165, 1.54) is 5.56 Å². The highest BCUT2D eigenvalue weighted by molar-refractivity contribution is 5.76. The van der Waals surface area contributed by atoms with Crippen LogP contribution in [0.5, 0.6) is 0 Å². The Labute approximate surface area is 125 Å². The Morgan fingerprint density at radius 1 is 1.29 bits per heavy atom. The summed E-state index contributed by atoms with van der Waals surface area (Å²) in [4.78, 5) is 12.1. The Kier molecular flexibility index (Phi) is 4.60. The highest BCUT2D eigenvalue weighted by Crippen LogP contribution is 2.29. The van der Waals surface area contributed by atoms with Gasteiger partial charge in [-0.25, -0.2) is 0 Å². The smallest absolute Gasteiger partial charge is 0.240 e. The van der Waals surface area contributed by atoms with Crippen molar-refractivity contribution in [1.29, 1.82) is 0 Å². The molecule has 0 radical (unpaired) electrons. The molecule has 116 valence electrons. The summed E-state index contributed by atoms with van der Waals surface area (Å²) in [6, 6.07) is 0.241. The number of aromatic nitrogens is 1. The van der Waals surface area contributed by atoms with Crippen molar-refractivity contribution in [3.05, 3.63) is 23.5 Å². The van der Waals surface area contributed by atoms with Gasteiger partial charge in [-0.3, -0.25) is 4.79 Å². The van der Waals surface area contributed by atoms with Gasteiger partial charge in [-0.2, -0.15) is 0 Å². The Bertz CT molecular complexity index is 492. The predicted octanol–water partition coefficient (Wildman–Crippen LogP) is 1.54. The van der Waals surface area contributed by atoms with Gasteiger partial charge in [0.25, 0.3) is 0 Å². The fourth-order valence-corrected chi connectivity index (χ4v) is 3.26. The number of amides is 1. The number of nitrogens with zero attached hydrogens (tertiary/aromatic N) is 1. The summed E-state index contributed by atoms with van der Waals surface area (Å²) >= 11 is 0. The maximum Gasteiger partial charge on any atom is 0.240 e. The lowest BCUT2D eigenvalue weighted by atomic mass is 10.1. The largest absolute Gasteiger partial charge is 0.388 e. The zero-order chi connectivity index (χ0) is 14.7. The van der Waals surface area contributed by atoms with Crippen LogP contribution < -0.4 is 5.32 Å². The van der Waals surface area contributed by atoms with Crippen LogP contribution in [0.1, 0.15) is 49.3 Å². The number of nitrogens with one attached hydrogen (secondary N) is 1. The summed E-state index contributed by atoms with van der Waals surface area (Å²) in [5.41, 5.74) is 2.20. The minimum absolute atomic E-state index is 0.0431. The summed E-state index contributed by atoms with van der Waals surface area (Å²) in [6.45, 7) is 1.79. The van der Waals surface area contributed by atoms with Gasteiger partial charge in [-0.05, 0) is 37.7 Å². The molecule has 2 heterocycles. The van der Waals surface area contributed by atoms with Crippen LogP contribution in [-0.2, 0) is 22.5 Å². The maximum atomic E-state index is 12.1. The van der Waals surface area contributed by atoms with E-state index in [1.807, 2.05) is 17.0 Å². The third kappa shape index (κ3) is 3.66. The minimum atomic E-state index is -0.373. The van der Waals surface area contributed by atoms with Crippen LogP contribution >= 0.6 is 0 Å². The lowest BCUT2D eigenvalue weighted by Crippen LogP contribution is -2.40. The molecule has 0 aromatic carbocycles. The fraction of sp³-hybridized carbons (Fsp3) is 0.688. The monoisotopic (exact) mass is 292 g/mol. The van der Waals surface area contributed by atoms with Gasteiger partial charge >= 0.3 is 0 Å². The highest BCUT2D eigenvalue weighted by atomic mass is 16.5. The first-order chi connectivity index (χ1) is 10.2. The van der Waals surface area contributed by atoms with Crippen molar-refractivity contribution in [1.82, 2.24) is 9.88 Å². The Morgan fingerprint density at radius 3 is 2.90 bits per heavy atom.